The Morgan fingerprint density at radius 2 is 1.29 bits per heavy atom. The molecule has 124 valence electrons. The molecule has 0 spiro atoms. The van der Waals surface area contributed by atoms with E-state index in [4.69, 9.17) is 14.6 Å². The van der Waals surface area contributed by atoms with Crippen LogP contribution in [0.3, 0.4) is 0 Å². The van der Waals surface area contributed by atoms with E-state index < -0.39 is 23.4 Å². The molecule has 0 fully saturated rings. The zero-order valence-electron chi connectivity index (χ0n) is 14.1. The van der Waals surface area contributed by atoms with Gasteiger partial charge in [-0.25, -0.2) is 14.5 Å². The molecule has 0 aromatic heterocycles. The lowest BCUT2D eigenvalue weighted by atomic mass is 10.2. The Morgan fingerprint density at radius 3 is 1.62 bits per heavy atom. The smallest absolute Gasteiger partial charge is 0.419 e. The standard InChI is InChI=1S/C15H29NO5/c1-14(2,3)20-12(18)16(10-8-7-9-11-17)13(19)21-15(4,5)6/h17H,7-11H2,1-6H3. The minimum atomic E-state index is -0.708. The third-order valence-corrected chi connectivity index (χ3v) is 2.27. The fourth-order valence-corrected chi connectivity index (χ4v) is 1.45. The molecule has 0 aliphatic carbocycles. The first-order valence-corrected chi connectivity index (χ1v) is 7.30. The third kappa shape index (κ3) is 10.1. The summed E-state index contributed by atoms with van der Waals surface area (Å²) in [5.74, 6) is 0. The van der Waals surface area contributed by atoms with Gasteiger partial charge in [-0.15, -0.1) is 0 Å². The molecule has 0 bridgehead atoms. The number of imide groups is 1. The molecule has 0 unspecified atom stereocenters. The monoisotopic (exact) mass is 303 g/mol. The highest BCUT2D eigenvalue weighted by atomic mass is 16.6. The van der Waals surface area contributed by atoms with Gasteiger partial charge in [-0.05, 0) is 60.8 Å². The van der Waals surface area contributed by atoms with E-state index in [0.29, 0.717) is 12.8 Å². The summed E-state index contributed by atoms with van der Waals surface area (Å²) in [4.78, 5) is 25.2. The molecule has 0 atom stereocenters. The first-order valence-electron chi connectivity index (χ1n) is 7.30. The van der Waals surface area contributed by atoms with Crippen molar-refractivity contribution in [2.75, 3.05) is 13.2 Å². The maximum atomic E-state index is 12.1. The van der Waals surface area contributed by atoms with Gasteiger partial charge in [0, 0.05) is 13.2 Å². The minimum Gasteiger partial charge on any atom is -0.443 e. The SMILES string of the molecule is CC(C)(C)OC(=O)N(CCCCCO)C(=O)OC(C)(C)C. The van der Waals surface area contributed by atoms with E-state index in [2.05, 4.69) is 0 Å². The van der Waals surface area contributed by atoms with Crippen molar-refractivity contribution in [3.05, 3.63) is 0 Å². The molecule has 21 heavy (non-hydrogen) atoms. The van der Waals surface area contributed by atoms with Gasteiger partial charge < -0.3 is 14.6 Å². The van der Waals surface area contributed by atoms with Gasteiger partial charge in [0.1, 0.15) is 11.2 Å². The number of nitrogens with zero attached hydrogens (tertiary/aromatic N) is 1. The number of ether oxygens (including phenoxy) is 2. The van der Waals surface area contributed by atoms with E-state index in [-0.39, 0.29) is 13.2 Å². The Hall–Kier alpha value is -1.30. The summed E-state index contributed by atoms with van der Waals surface area (Å²) in [6, 6.07) is 0. The van der Waals surface area contributed by atoms with Crippen LogP contribution < -0.4 is 0 Å². The lowest BCUT2D eigenvalue weighted by Gasteiger charge is -2.28. The van der Waals surface area contributed by atoms with Gasteiger partial charge >= 0.3 is 12.2 Å². The summed E-state index contributed by atoms with van der Waals surface area (Å²) >= 11 is 0. The Balaban J connectivity index is 4.75. The summed E-state index contributed by atoms with van der Waals surface area (Å²) < 4.78 is 10.5. The second-order valence-corrected chi connectivity index (χ2v) is 6.90. The van der Waals surface area contributed by atoms with Crippen molar-refractivity contribution in [2.24, 2.45) is 0 Å². The van der Waals surface area contributed by atoms with Crippen molar-refractivity contribution < 1.29 is 24.2 Å². The van der Waals surface area contributed by atoms with Crippen molar-refractivity contribution in [3.8, 4) is 0 Å². The van der Waals surface area contributed by atoms with Crippen molar-refractivity contribution in [3.63, 3.8) is 0 Å². The highest BCUT2D eigenvalue weighted by Gasteiger charge is 2.30. The number of carbonyl (C=O) groups is 2. The highest BCUT2D eigenvalue weighted by Crippen LogP contribution is 2.15. The van der Waals surface area contributed by atoms with E-state index in [1.54, 1.807) is 41.5 Å². The van der Waals surface area contributed by atoms with Gasteiger partial charge in [0.2, 0.25) is 0 Å². The van der Waals surface area contributed by atoms with Gasteiger partial charge in [-0.3, -0.25) is 0 Å². The van der Waals surface area contributed by atoms with E-state index in [9.17, 15) is 9.59 Å². The number of carbonyl (C=O) groups excluding carboxylic acids is 2. The van der Waals surface area contributed by atoms with Crippen molar-refractivity contribution in [2.45, 2.75) is 72.0 Å². The molecule has 2 amide bonds. The number of unbranched alkanes of at least 4 members (excludes halogenated alkanes) is 2. The van der Waals surface area contributed by atoms with Crippen LogP contribution in [0.5, 0.6) is 0 Å². The van der Waals surface area contributed by atoms with Crippen LogP contribution in [-0.2, 0) is 9.47 Å². The predicted molar refractivity (Wildman–Crippen MR) is 80.1 cm³/mol. The molecule has 6 nitrogen and oxygen atoms in total. The molecule has 0 rings (SSSR count). The molecule has 1 N–H and O–H groups in total. The maximum Gasteiger partial charge on any atom is 0.419 e. The van der Waals surface area contributed by atoms with Crippen LogP contribution in [-0.4, -0.2) is 46.5 Å². The van der Waals surface area contributed by atoms with Crippen molar-refractivity contribution in [1.29, 1.82) is 0 Å². The Labute approximate surface area is 127 Å². The first kappa shape index (κ1) is 19.7. The van der Waals surface area contributed by atoms with Crippen LogP contribution >= 0.6 is 0 Å². The van der Waals surface area contributed by atoms with Crippen LogP contribution in [0.25, 0.3) is 0 Å². The number of hydrogen-bond acceptors (Lipinski definition) is 5. The van der Waals surface area contributed by atoms with Crippen LogP contribution in [0.1, 0.15) is 60.8 Å². The lowest BCUT2D eigenvalue weighted by molar-refractivity contribution is 0.00117. The Bertz CT molecular complexity index is 313. The van der Waals surface area contributed by atoms with Crippen LogP contribution in [0.15, 0.2) is 0 Å². The number of amides is 2. The van der Waals surface area contributed by atoms with Gasteiger partial charge in [0.25, 0.3) is 0 Å². The van der Waals surface area contributed by atoms with Gasteiger partial charge in [-0.1, -0.05) is 0 Å². The fourth-order valence-electron chi connectivity index (χ4n) is 1.45. The predicted octanol–water partition coefficient (Wildman–Crippen LogP) is 3.32. The van der Waals surface area contributed by atoms with Gasteiger partial charge in [0.15, 0.2) is 0 Å². The lowest BCUT2D eigenvalue weighted by Crippen LogP contribution is -2.44. The van der Waals surface area contributed by atoms with E-state index in [1.807, 2.05) is 0 Å². The third-order valence-electron chi connectivity index (χ3n) is 2.27. The molecule has 0 saturated carbocycles. The summed E-state index contributed by atoms with van der Waals surface area (Å²) in [5, 5.41) is 8.76. The zero-order valence-corrected chi connectivity index (χ0v) is 14.1. The molecule has 0 aliphatic heterocycles. The Kier molecular flexibility index (Phi) is 7.71. The number of aliphatic hydroxyl groups excluding tert-OH is 1. The molecule has 0 aromatic rings. The average molecular weight is 303 g/mol. The van der Waals surface area contributed by atoms with Gasteiger partial charge in [0.05, 0.1) is 0 Å². The van der Waals surface area contributed by atoms with E-state index in [1.165, 1.54) is 0 Å². The molecule has 0 radical (unpaired) electrons. The summed E-state index contributed by atoms with van der Waals surface area (Å²) in [6.07, 6.45) is 0.537. The van der Waals surface area contributed by atoms with Crippen LogP contribution in [0.2, 0.25) is 0 Å². The number of aliphatic hydroxyl groups is 1. The minimum absolute atomic E-state index is 0.0961. The molecule has 0 aliphatic rings. The Morgan fingerprint density at radius 1 is 0.857 bits per heavy atom. The highest BCUT2D eigenvalue weighted by molar-refractivity contribution is 5.88. The van der Waals surface area contributed by atoms with Crippen LogP contribution in [0, 0.1) is 0 Å². The van der Waals surface area contributed by atoms with Gasteiger partial charge in [-0.2, -0.15) is 0 Å². The molecule has 0 heterocycles. The normalized spacial score (nSPS) is 12.0. The topological polar surface area (TPSA) is 76.1 Å². The molecule has 0 aromatic carbocycles. The molecular weight excluding hydrogens is 274 g/mol. The van der Waals surface area contributed by atoms with Crippen LogP contribution in [0.4, 0.5) is 9.59 Å². The molecule has 0 saturated heterocycles. The molecule has 6 heteroatoms. The van der Waals surface area contributed by atoms with E-state index in [0.717, 1.165) is 11.3 Å². The maximum absolute atomic E-state index is 12.1. The number of rotatable bonds is 5. The average Bonchev–Trinajstić information content (AvgIpc) is 2.23. The second-order valence-electron chi connectivity index (χ2n) is 6.90. The van der Waals surface area contributed by atoms with E-state index >= 15 is 0 Å². The quantitative estimate of drug-likeness (QED) is 0.788. The first-order chi connectivity index (χ1) is 9.46. The second kappa shape index (κ2) is 8.22. The molecular formula is C15H29NO5. The van der Waals surface area contributed by atoms with Crippen molar-refractivity contribution in [1.82, 2.24) is 4.90 Å². The summed E-state index contributed by atoms with van der Waals surface area (Å²) in [6.45, 7) is 10.7. The van der Waals surface area contributed by atoms with Crippen molar-refractivity contribution >= 4 is 12.2 Å². The summed E-state index contributed by atoms with van der Waals surface area (Å²) in [7, 11) is 0. The zero-order chi connectivity index (χ0) is 16.7. The largest absolute Gasteiger partial charge is 0.443 e. The fraction of sp³-hybridized carbons (Fsp3) is 0.867. The number of hydrogen-bond donors (Lipinski definition) is 1. The summed E-state index contributed by atoms with van der Waals surface area (Å²) in [5.41, 5.74) is -1.36.